The summed E-state index contributed by atoms with van der Waals surface area (Å²) in [6.07, 6.45) is 0. The first-order valence-electron chi connectivity index (χ1n) is 7.99. The Hall–Kier alpha value is -1.40. The molecule has 0 radical (unpaired) electrons. The number of hydrogen-bond acceptors (Lipinski definition) is 2. The van der Waals surface area contributed by atoms with Crippen LogP contribution in [0.15, 0.2) is 42.5 Å². The Balaban J connectivity index is 1.52. The van der Waals surface area contributed by atoms with Crippen molar-refractivity contribution in [3.8, 4) is 0 Å². The van der Waals surface area contributed by atoms with Crippen LogP contribution in [-0.4, -0.2) is 41.1 Å². The molecule has 1 fully saturated rings. The van der Waals surface area contributed by atoms with Gasteiger partial charge in [-0.3, -0.25) is 4.90 Å². The number of nitrogens with zero attached hydrogens (tertiary/aromatic N) is 2. The van der Waals surface area contributed by atoms with Crippen LogP contribution in [0.3, 0.4) is 0 Å². The fraction of sp³-hybridized carbons (Fsp3) is 0.278. The summed E-state index contributed by atoms with van der Waals surface area (Å²) in [5, 5.41) is 4.85. The van der Waals surface area contributed by atoms with Gasteiger partial charge in [-0.05, 0) is 36.5 Å². The second-order valence-electron chi connectivity index (χ2n) is 5.91. The number of anilines is 1. The van der Waals surface area contributed by atoms with Gasteiger partial charge < -0.3 is 10.2 Å². The highest BCUT2D eigenvalue weighted by atomic mass is 35.5. The highest BCUT2D eigenvalue weighted by Gasteiger charge is 2.20. The van der Waals surface area contributed by atoms with Crippen LogP contribution in [0.4, 0.5) is 10.1 Å². The lowest BCUT2D eigenvalue weighted by Gasteiger charge is -2.36. The monoisotopic (exact) mass is 397 g/mol. The van der Waals surface area contributed by atoms with Gasteiger partial charge in [0.25, 0.3) is 0 Å². The van der Waals surface area contributed by atoms with Gasteiger partial charge in [-0.15, -0.1) is 0 Å². The van der Waals surface area contributed by atoms with Crippen molar-refractivity contribution >= 4 is 46.2 Å². The number of hydrogen-bond donors (Lipinski definition) is 1. The van der Waals surface area contributed by atoms with E-state index in [-0.39, 0.29) is 5.82 Å². The standard InChI is InChI=1S/C18H18Cl2FN3S/c19-15-6-5-14(11-16(15)20)22-18(25)24-9-7-23(8-10-24)12-13-3-1-2-4-17(13)21/h1-6,11H,7-10,12H2,(H,22,25). The number of piperazine rings is 1. The fourth-order valence-electron chi connectivity index (χ4n) is 2.75. The molecule has 1 N–H and O–H groups in total. The second-order valence-corrected chi connectivity index (χ2v) is 7.11. The van der Waals surface area contributed by atoms with Crippen LogP contribution >= 0.6 is 35.4 Å². The topological polar surface area (TPSA) is 18.5 Å². The minimum absolute atomic E-state index is 0.151. The highest BCUT2D eigenvalue weighted by Crippen LogP contribution is 2.25. The summed E-state index contributed by atoms with van der Waals surface area (Å²) in [4.78, 5) is 4.34. The van der Waals surface area contributed by atoms with Gasteiger partial charge in [0.15, 0.2) is 5.11 Å². The molecule has 7 heteroatoms. The van der Waals surface area contributed by atoms with Crippen molar-refractivity contribution in [1.29, 1.82) is 0 Å². The van der Waals surface area contributed by atoms with Crippen molar-refractivity contribution in [3.63, 3.8) is 0 Å². The third-order valence-electron chi connectivity index (χ3n) is 4.18. The summed E-state index contributed by atoms with van der Waals surface area (Å²) in [5.74, 6) is -0.151. The molecule has 0 aromatic heterocycles. The molecular formula is C18H18Cl2FN3S. The van der Waals surface area contributed by atoms with E-state index in [1.54, 1.807) is 18.2 Å². The molecular weight excluding hydrogens is 380 g/mol. The first kappa shape index (κ1) is 18.4. The zero-order valence-corrected chi connectivity index (χ0v) is 15.8. The van der Waals surface area contributed by atoms with Crippen molar-refractivity contribution in [3.05, 3.63) is 63.9 Å². The van der Waals surface area contributed by atoms with E-state index in [0.29, 0.717) is 21.7 Å². The number of halogens is 3. The lowest BCUT2D eigenvalue weighted by Crippen LogP contribution is -2.49. The SMILES string of the molecule is Fc1ccccc1CN1CCN(C(=S)Nc2ccc(Cl)c(Cl)c2)CC1. The Morgan fingerprint density at radius 1 is 1.04 bits per heavy atom. The second kappa shape index (κ2) is 8.32. The minimum atomic E-state index is -0.151. The van der Waals surface area contributed by atoms with Gasteiger partial charge in [-0.25, -0.2) is 4.39 Å². The molecule has 25 heavy (non-hydrogen) atoms. The summed E-state index contributed by atoms with van der Waals surface area (Å²) in [7, 11) is 0. The van der Waals surface area contributed by atoms with E-state index in [0.717, 1.165) is 37.4 Å². The summed E-state index contributed by atoms with van der Waals surface area (Å²) in [6.45, 7) is 3.87. The molecule has 1 heterocycles. The van der Waals surface area contributed by atoms with Crippen molar-refractivity contribution in [2.45, 2.75) is 6.54 Å². The van der Waals surface area contributed by atoms with Crippen LogP contribution in [0, 0.1) is 5.82 Å². The van der Waals surface area contributed by atoms with Crippen LogP contribution in [0.1, 0.15) is 5.56 Å². The van der Waals surface area contributed by atoms with Gasteiger partial charge in [-0.1, -0.05) is 41.4 Å². The third-order valence-corrected chi connectivity index (χ3v) is 5.28. The lowest BCUT2D eigenvalue weighted by molar-refractivity contribution is 0.175. The number of thiocarbonyl (C=S) groups is 1. The molecule has 1 aliphatic rings. The van der Waals surface area contributed by atoms with E-state index in [4.69, 9.17) is 35.4 Å². The van der Waals surface area contributed by atoms with Gasteiger partial charge in [0.1, 0.15) is 5.82 Å². The van der Waals surface area contributed by atoms with E-state index in [1.807, 2.05) is 18.2 Å². The lowest BCUT2D eigenvalue weighted by atomic mass is 10.2. The average molecular weight is 398 g/mol. The van der Waals surface area contributed by atoms with Crippen molar-refractivity contribution < 1.29 is 4.39 Å². The van der Waals surface area contributed by atoms with Crippen LogP contribution in [0.2, 0.25) is 10.0 Å². The smallest absolute Gasteiger partial charge is 0.173 e. The number of rotatable bonds is 3. The van der Waals surface area contributed by atoms with E-state index < -0.39 is 0 Å². The van der Waals surface area contributed by atoms with Crippen molar-refractivity contribution in [1.82, 2.24) is 9.80 Å². The Morgan fingerprint density at radius 2 is 1.76 bits per heavy atom. The highest BCUT2D eigenvalue weighted by molar-refractivity contribution is 7.80. The van der Waals surface area contributed by atoms with E-state index in [2.05, 4.69) is 15.1 Å². The predicted octanol–water partition coefficient (Wildman–Crippen LogP) is 4.65. The normalized spacial score (nSPS) is 15.2. The average Bonchev–Trinajstić information content (AvgIpc) is 2.61. The zero-order valence-electron chi connectivity index (χ0n) is 13.5. The van der Waals surface area contributed by atoms with Gasteiger partial charge >= 0.3 is 0 Å². The number of benzene rings is 2. The van der Waals surface area contributed by atoms with Crippen LogP contribution in [-0.2, 0) is 6.54 Å². The van der Waals surface area contributed by atoms with Gasteiger partial charge in [0.2, 0.25) is 0 Å². The molecule has 0 atom stereocenters. The molecule has 132 valence electrons. The number of nitrogens with one attached hydrogen (secondary N) is 1. The van der Waals surface area contributed by atoms with Crippen LogP contribution < -0.4 is 5.32 Å². The summed E-state index contributed by atoms with van der Waals surface area (Å²) >= 11 is 17.4. The first-order chi connectivity index (χ1) is 12.0. The molecule has 0 spiro atoms. The Bertz CT molecular complexity index is 764. The fourth-order valence-corrected chi connectivity index (χ4v) is 3.35. The van der Waals surface area contributed by atoms with Crippen molar-refractivity contribution in [2.75, 3.05) is 31.5 Å². The van der Waals surface area contributed by atoms with Gasteiger partial charge in [0.05, 0.1) is 10.0 Å². The summed E-state index contributed by atoms with van der Waals surface area (Å²) in [6, 6.07) is 12.2. The molecule has 3 rings (SSSR count). The third kappa shape index (κ3) is 4.82. The molecule has 2 aromatic carbocycles. The predicted molar refractivity (Wildman–Crippen MR) is 106 cm³/mol. The van der Waals surface area contributed by atoms with Crippen molar-refractivity contribution in [2.24, 2.45) is 0 Å². The molecule has 1 aliphatic heterocycles. The quantitative estimate of drug-likeness (QED) is 0.759. The maximum absolute atomic E-state index is 13.8. The molecule has 1 saturated heterocycles. The molecule has 0 unspecified atom stereocenters. The zero-order chi connectivity index (χ0) is 17.8. The van der Waals surface area contributed by atoms with Crippen LogP contribution in [0.25, 0.3) is 0 Å². The molecule has 3 nitrogen and oxygen atoms in total. The van der Waals surface area contributed by atoms with E-state index in [9.17, 15) is 4.39 Å². The maximum atomic E-state index is 13.8. The Kier molecular flexibility index (Phi) is 6.12. The molecule has 2 aromatic rings. The van der Waals surface area contributed by atoms with Crippen LogP contribution in [0.5, 0.6) is 0 Å². The van der Waals surface area contributed by atoms with E-state index in [1.165, 1.54) is 6.07 Å². The maximum Gasteiger partial charge on any atom is 0.173 e. The molecule has 0 bridgehead atoms. The molecule has 0 saturated carbocycles. The minimum Gasteiger partial charge on any atom is -0.346 e. The Morgan fingerprint density at radius 3 is 2.44 bits per heavy atom. The summed E-state index contributed by atoms with van der Waals surface area (Å²) in [5.41, 5.74) is 1.54. The van der Waals surface area contributed by atoms with E-state index >= 15 is 0 Å². The van der Waals surface area contributed by atoms with Gasteiger partial charge in [-0.2, -0.15) is 0 Å². The van der Waals surface area contributed by atoms with Gasteiger partial charge in [0, 0.05) is 44.0 Å². The molecule has 0 aliphatic carbocycles. The molecule has 0 amide bonds. The Labute approximate surface area is 162 Å². The summed E-state index contributed by atoms with van der Waals surface area (Å²) < 4.78 is 13.8. The largest absolute Gasteiger partial charge is 0.346 e. The first-order valence-corrected chi connectivity index (χ1v) is 9.16.